The summed E-state index contributed by atoms with van der Waals surface area (Å²) in [7, 11) is 0. The standard InChI is InChI=1S/C18H16BrN3O3S/c1-11-9-12(19)4-6-14(11)21-16(23)7-5-13-10-26-18(20-13)22-17(24)15-3-2-8-25-15/h2-4,6,8-10H,5,7H2,1H3,(H,21,23)(H,20,22,24). The van der Waals surface area contributed by atoms with E-state index in [-0.39, 0.29) is 17.6 Å². The Morgan fingerprint density at radius 2 is 2.12 bits per heavy atom. The number of furan rings is 1. The third-order valence-electron chi connectivity index (χ3n) is 3.59. The number of hydrogen-bond donors (Lipinski definition) is 2. The van der Waals surface area contributed by atoms with Crippen molar-refractivity contribution in [2.45, 2.75) is 19.8 Å². The van der Waals surface area contributed by atoms with Crippen molar-refractivity contribution < 1.29 is 14.0 Å². The van der Waals surface area contributed by atoms with Gasteiger partial charge in [-0.05, 0) is 49.2 Å². The highest BCUT2D eigenvalue weighted by Gasteiger charge is 2.12. The van der Waals surface area contributed by atoms with E-state index in [0.29, 0.717) is 18.0 Å². The van der Waals surface area contributed by atoms with E-state index < -0.39 is 0 Å². The molecule has 6 nitrogen and oxygen atoms in total. The van der Waals surface area contributed by atoms with Crippen LogP contribution in [-0.2, 0) is 11.2 Å². The summed E-state index contributed by atoms with van der Waals surface area (Å²) in [6.07, 6.45) is 2.24. The lowest BCUT2D eigenvalue weighted by atomic mass is 10.2. The second-order valence-electron chi connectivity index (χ2n) is 5.58. The number of carbonyl (C=O) groups is 2. The highest BCUT2D eigenvalue weighted by Crippen LogP contribution is 2.21. The van der Waals surface area contributed by atoms with E-state index in [0.717, 1.165) is 21.4 Å². The topological polar surface area (TPSA) is 84.2 Å². The van der Waals surface area contributed by atoms with Gasteiger partial charge in [0.25, 0.3) is 5.91 Å². The number of amides is 2. The fraction of sp³-hybridized carbons (Fsp3) is 0.167. The summed E-state index contributed by atoms with van der Waals surface area (Å²) >= 11 is 4.71. The molecule has 26 heavy (non-hydrogen) atoms. The van der Waals surface area contributed by atoms with Crippen LogP contribution < -0.4 is 10.6 Å². The van der Waals surface area contributed by atoms with Gasteiger partial charge in [0, 0.05) is 22.0 Å². The van der Waals surface area contributed by atoms with Crippen LogP contribution >= 0.6 is 27.3 Å². The number of hydrogen-bond acceptors (Lipinski definition) is 5. The maximum atomic E-state index is 12.1. The van der Waals surface area contributed by atoms with E-state index in [1.807, 2.05) is 30.5 Å². The zero-order valence-electron chi connectivity index (χ0n) is 13.9. The van der Waals surface area contributed by atoms with Crippen LogP contribution in [0.2, 0.25) is 0 Å². The molecule has 0 saturated heterocycles. The van der Waals surface area contributed by atoms with E-state index in [1.165, 1.54) is 17.6 Å². The number of carbonyl (C=O) groups excluding carboxylic acids is 2. The second kappa shape index (κ2) is 8.29. The van der Waals surface area contributed by atoms with Gasteiger partial charge in [-0.15, -0.1) is 11.3 Å². The number of aryl methyl sites for hydroxylation is 2. The summed E-state index contributed by atoms with van der Waals surface area (Å²) in [6, 6.07) is 8.93. The first-order valence-electron chi connectivity index (χ1n) is 7.86. The van der Waals surface area contributed by atoms with Crippen LogP contribution in [0.25, 0.3) is 0 Å². The monoisotopic (exact) mass is 433 g/mol. The van der Waals surface area contributed by atoms with Crippen molar-refractivity contribution in [3.05, 3.63) is 63.5 Å². The number of halogens is 1. The Morgan fingerprint density at radius 1 is 1.27 bits per heavy atom. The molecule has 0 aliphatic heterocycles. The summed E-state index contributed by atoms with van der Waals surface area (Å²) in [4.78, 5) is 28.4. The van der Waals surface area contributed by atoms with Gasteiger partial charge in [-0.25, -0.2) is 4.98 Å². The molecule has 1 aromatic carbocycles. The molecule has 0 aliphatic rings. The molecule has 3 rings (SSSR count). The van der Waals surface area contributed by atoms with Crippen LogP contribution in [0.4, 0.5) is 10.8 Å². The van der Waals surface area contributed by atoms with Crippen molar-refractivity contribution in [3.8, 4) is 0 Å². The summed E-state index contributed by atoms with van der Waals surface area (Å²) in [5.74, 6) is -0.199. The molecular formula is C18H16BrN3O3S. The molecule has 0 fully saturated rings. The molecule has 134 valence electrons. The molecule has 2 heterocycles. The van der Waals surface area contributed by atoms with Gasteiger partial charge in [0.2, 0.25) is 5.91 Å². The van der Waals surface area contributed by atoms with Gasteiger partial charge in [-0.3, -0.25) is 14.9 Å². The minimum absolute atomic E-state index is 0.0791. The fourth-order valence-corrected chi connectivity index (χ4v) is 3.48. The highest BCUT2D eigenvalue weighted by molar-refractivity contribution is 9.10. The van der Waals surface area contributed by atoms with Gasteiger partial charge < -0.3 is 9.73 Å². The van der Waals surface area contributed by atoms with E-state index in [1.54, 1.807) is 12.1 Å². The van der Waals surface area contributed by atoms with Crippen molar-refractivity contribution in [1.82, 2.24) is 4.98 Å². The predicted molar refractivity (Wildman–Crippen MR) is 105 cm³/mol. The number of aromatic nitrogens is 1. The lowest BCUT2D eigenvalue weighted by molar-refractivity contribution is -0.116. The minimum Gasteiger partial charge on any atom is -0.459 e. The van der Waals surface area contributed by atoms with Gasteiger partial charge in [-0.2, -0.15) is 0 Å². The summed E-state index contributed by atoms with van der Waals surface area (Å²) in [6.45, 7) is 1.94. The first-order valence-corrected chi connectivity index (χ1v) is 9.54. The van der Waals surface area contributed by atoms with Crippen LogP contribution in [0.3, 0.4) is 0 Å². The zero-order valence-corrected chi connectivity index (χ0v) is 16.3. The maximum Gasteiger partial charge on any atom is 0.293 e. The molecule has 0 atom stereocenters. The van der Waals surface area contributed by atoms with Crippen LogP contribution in [0.15, 0.2) is 50.9 Å². The first-order chi connectivity index (χ1) is 12.5. The molecule has 0 spiro atoms. The lowest BCUT2D eigenvalue weighted by Crippen LogP contribution is -2.13. The first kappa shape index (κ1) is 18.3. The number of nitrogens with one attached hydrogen (secondary N) is 2. The molecule has 2 amide bonds. The van der Waals surface area contributed by atoms with Crippen molar-refractivity contribution in [2.24, 2.45) is 0 Å². The molecule has 0 radical (unpaired) electrons. The number of thiazole rings is 1. The highest BCUT2D eigenvalue weighted by atomic mass is 79.9. The molecule has 0 unspecified atom stereocenters. The van der Waals surface area contributed by atoms with E-state index in [9.17, 15) is 9.59 Å². The summed E-state index contributed by atoms with van der Waals surface area (Å²) in [5, 5.41) is 7.88. The lowest BCUT2D eigenvalue weighted by Gasteiger charge is -2.08. The molecule has 3 aromatic rings. The Bertz CT molecular complexity index is 922. The number of rotatable bonds is 6. The summed E-state index contributed by atoms with van der Waals surface area (Å²) < 4.78 is 6.01. The van der Waals surface area contributed by atoms with Crippen LogP contribution in [0, 0.1) is 6.92 Å². The Kier molecular flexibility index (Phi) is 5.85. The smallest absolute Gasteiger partial charge is 0.293 e. The molecule has 0 bridgehead atoms. The van der Waals surface area contributed by atoms with Crippen molar-refractivity contribution in [2.75, 3.05) is 10.6 Å². The average Bonchev–Trinajstić information content (AvgIpc) is 3.27. The average molecular weight is 434 g/mol. The Hall–Kier alpha value is -2.45. The van der Waals surface area contributed by atoms with Gasteiger partial charge in [0.1, 0.15) is 0 Å². The Labute approximate surface area is 162 Å². The molecular weight excluding hydrogens is 418 g/mol. The second-order valence-corrected chi connectivity index (χ2v) is 7.36. The fourth-order valence-electron chi connectivity index (χ4n) is 2.27. The number of nitrogens with zero attached hydrogens (tertiary/aromatic N) is 1. The third-order valence-corrected chi connectivity index (χ3v) is 4.89. The predicted octanol–water partition coefficient (Wildman–Crippen LogP) is 4.63. The maximum absolute atomic E-state index is 12.1. The molecule has 0 saturated carbocycles. The van der Waals surface area contributed by atoms with Gasteiger partial charge >= 0.3 is 0 Å². The minimum atomic E-state index is -0.348. The molecule has 8 heteroatoms. The molecule has 2 aromatic heterocycles. The number of benzene rings is 1. The van der Waals surface area contributed by atoms with Crippen LogP contribution in [0.5, 0.6) is 0 Å². The van der Waals surface area contributed by atoms with E-state index >= 15 is 0 Å². The molecule has 2 N–H and O–H groups in total. The van der Waals surface area contributed by atoms with Crippen molar-refractivity contribution in [3.63, 3.8) is 0 Å². The summed E-state index contributed by atoms with van der Waals surface area (Å²) in [5.41, 5.74) is 2.54. The van der Waals surface area contributed by atoms with Gasteiger partial charge in [-0.1, -0.05) is 15.9 Å². The van der Waals surface area contributed by atoms with Crippen molar-refractivity contribution in [1.29, 1.82) is 0 Å². The van der Waals surface area contributed by atoms with Crippen LogP contribution in [0.1, 0.15) is 28.2 Å². The Morgan fingerprint density at radius 3 is 2.85 bits per heavy atom. The van der Waals surface area contributed by atoms with E-state index in [4.69, 9.17) is 4.42 Å². The quantitative estimate of drug-likeness (QED) is 0.593. The SMILES string of the molecule is Cc1cc(Br)ccc1NC(=O)CCc1csc(NC(=O)c2ccco2)n1. The number of anilines is 2. The third kappa shape index (κ3) is 4.80. The van der Waals surface area contributed by atoms with Crippen molar-refractivity contribution >= 4 is 49.9 Å². The molecule has 0 aliphatic carbocycles. The van der Waals surface area contributed by atoms with E-state index in [2.05, 4.69) is 31.5 Å². The van der Waals surface area contributed by atoms with Gasteiger partial charge in [0.15, 0.2) is 10.9 Å². The normalized spacial score (nSPS) is 10.5. The Balaban J connectivity index is 1.51. The largest absolute Gasteiger partial charge is 0.459 e. The van der Waals surface area contributed by atoms with Crippen LogP contribution in [-0.4, -0.2) is 16.8 Å². The van der Waals surface area contributed by atoms with Gasteiger partial charge in [0.05, 0.1) is 12.0 Å². The zero-order chi connectivity index (χ0) is 18.5.